The second kappa shape index (κ2) is 8.08. The molecule has 0 saturated carbocycles. The van der Waals surface area contributed by atoms with E-state index in [-0.39, 0.29) is 23.5 Å². The van der Waals surface area contributed by atoms with Crippen LogP contribution in [0.2, 0.25) is 0 Å². The maximum atomic E-state index is 12.4. The molecular formula is C20H25N3O3S. The summed E-state index contributed by atoms with van der Waals surface area (Å²) >= 11 is 0. The number of hydrogen-bond acceptors (Lipinski definition) is 5. The van der Waals surface area contributed by atoms with E-state index in [0.717, 1.165) is 11.1 Å². The first-order valence-corrected chi connectivity index (χ1v) is 11.0. The number of amides is 1. The van der Waals surface area contributed by atoms with E-state index in [9.17, 15) is 13.2 Å². The van der Waals surface area contributed by atoms with Crippen molar-refractivity contribution in [2.45, 2.75) is 32.9 Å². The van der Waals surface area contributed by atoms with Gasteiger partial charge in [-0.15, -0.1) is 0 Å². The summed E-state index contributed by atoms with van der Waals surface area (Å²) in [5.41, 5.74) is 2.70. The molecule has 1 saturated heterocycles. The summed E-state index contributed by atoms with van der Waals surface area (Å²) in [6.45, 7) is 5.14. The van der Waals surface area contributed by atoms with Crippen LogP contribution in [0.15, 0.2) is 42.6 Å². The van der Waals surface area contributed by atoms with Crippen molar-refractivity contribution in [1.82, 2.24) is 10.3 Å². The molecule has 1 aromatic carbocycles. The van der Waals surface area contributed by atoms with Crippen LogP contribution in [0.1, 0.15) is 34.8 Å². The zero-order chi connectivity index (χ0) is 19.4. The maximum Gasteiger partial charge on any atom is 0.253 e. The molecule has 1 amide bonds. The van der Waals surface area contributed by atoms with Crippen molar-refractivity contribution in [3.05, 3.63) is 59.3 Å². The molecule has 144 valence electrons. The van der Waals surface area contributed by atoms with Gasteiger partial charge in [0.15, 0.2) is 9.84 Å². The Labute approximate surface area is 160 Å². The summed E-state index contributed by atoms with van der Waals surface area (Å²) in [7, 11) is -2.95. The Kier molecular flexibility index (Phi) is 5.79. The average Bonchev–Trinajstić information content (AvgIpc) is 3.01. The predicted octanol–water partition coefficient (Wildman–Crippen LogP) is 2.33. The van der Waals surface area contributed by atoms with Gasteiger partial charge in [-0.1, -0.05) is 24.3 Å². The van der Waals surface area contributed by atoms with Crippen LogP contribution in [-0.4, -0.2) is 43.4 Å². The largest absolute Gasteiger partial charge is 0.353 e. The quantitative estimate of drug-likeness (QED) is 0.823. The van der Waals surface area contributed by atoms with E-state index < -0.39 is 9.84 Å². The molecule has 6 nitrogen and oxygen atoms in total. The van der Waals surface area contributed by atoms with Crippen LogP contribution in [0.3, 0.4) is 0 Å². The molecule has 1 aliphatic heterocycles. The summed E-state index contributed by atoms with van der Waals surface area (Å²) in [6, 6.07) is 11.4. The highest BCUT2D eigenvalue weighted by atomic mass is 32.2. The number of benzene rings is 1. The molecule has 0 aliphatic carbocycles. The minimum Gasteiger partial charge on any atom is -0.353 e. The Hall–Kier alpha value is -2.41. The van der Waals surface area contributed by atoms with Crippen molar-refractivity contribution in [1.29, 1.82) is 0 Å². The molecule has 0 spiro atoms. The minimum atomic E-state index is -2.95. The van der Waals surface area contributed by atoms with Gasteiger partial charge < -0.3 is 10.2 Å². The lowest BCUT2D eigenvalue weighted by Crippen LogP contribution is -2.36. The van der Waals surface area contributed by atoms with Gasteiger partial charge in [-0.25, -0.2) is 13.4 Å². The third kappa shape index (κ3) is 4.66. The normalized spacial score (nSPS) is 18.2. The van der Waals surface area contributed by atoms with Crippen LogP contribution in [0.4, 0.5) is 5.82 Å². The molecule has 27 heavy (non-hydrogen) atoms. The number of carbonyl (C=O) groups is 1. The number of hydrogen-bond donors (Lipinski definition) is 1. The van der Waals surface area contributed by atoms with Gasteiger partial charge in [0, 0.05) is 25.3 Å². The van der Waals surface area contributed by atoms with Gasteiger partial charge in [-0.05, 0) is 43.5 Å². The molecule has 1 N–H and O–H groups in total. The lowest BCUT2D eigenvalue weighted by molar-refractivity contribution is 0.0950. The summed E-state index contributed by atoms with van der Waals surface area (Å²) in [5, 5.41) is 2.91. The van der Waals surface area contributed by atoms with Gasteiger partial charge in [0.25, 0.3) is 5.91 Å². The van der Waals surface area contributed by atoms with Crippen LogP contribution in [-0.2, 0) is 16.4 Å². The number of aryl methyl sites for hydroxylation is 1. The number of rotatable bonds is 6. The molecule has 2 aromatic rings. The second-order valence-corrected chi connectivity index (χ2v) is 9.09. The summed E-state index contributed by atoms with van der Waals surface area (Å²) in [6.07, 6.45) is 2.17. The molecular weight excluding hydrogens is 362 g/mol. The molecule has 1 unspecified atom stereocenters. The number of carbonyl (C=O) groups excluding carboxylic acids is 1. The fourth-order valence-electron chi connectivity index (χ4n) is 3.40. The van der Waals surface area contributed by atoms with Crippen molar-refractivity contribution in [3.8, 4) is 0 Å². The topological polar surface area (TPSA) is 79.4 Å². The predicted molar refractivity (Wildman–Crippen MR) is 107 cm³/mol. The first-order chi connectivity index (χ1) is 12.9. The highest BCUT2D eigenvalue weighted by molar-refractivity contribution is 7.91. The summed E-state index contributed by atoms with van der Waals surface area (Å²) < 4.78 is 23.5. The zero-order valence-electron chi connectivity index (χ0n) is 15.7. The van der Waals surface area contributed by atoms with Gasteiger partial charge >= 0.3 is 0 Å². The molecule has 0 bridgehead atoms. The van der Waals surface area contributed by atoms with Crippen LogP contribution in [0.25, 0.3) is 0 Å². The third-order valence-electron chi connectivity index (χ3n) is 4.99. The van der Waals surface area contributed by atoms with Gasteiger partial charge in [-0.2, -0.15) is 0 Å². The lowest BCUT2D eigenvalue weighted by atomic mass is 10.1. The van der Waals surface area contributed by atoms with Gasteiger partial charge in [-0.3, -0.25) is 4.79 Å². The van der Waals surface area contributed by atoms with Gasteiger partial charge in [0.05, 0.1) is 17.1 Å². The maximum absolute atomic E-state index is 12.4. The Bertz CT molecular complexity index is 910. The number of sulfone groups is 1. The minimum absolute atomic E-state index is 0.0479. The monoisotopic (exact) mass is 387 g/mol. The molecule has 7 heteroatoms. The van der Waals surface area contributed by atoms with Crippen LogP contribution in [0, 0.1) is 6.92 Å². The number of anilines is 1. The average molecular weight is 388 g/mol. The van der Waals surface area contributed by atoms with Crippen molar-refractivity contribution in [2.75, 3.05) is 23.0 Å². The van der Waals surface area contributed by atoms with Crippen molar-refractivity contribution >= 4 is 21.6 Å². The molecule has 1 fully saturated rings. The van der Waals surface area contributed by atoms with Gasteiger partial charge in [0.2, 0.25) is 0 Å². The van der Waals surface area contributed by atoms with Crippen LogP contribution >= 0.6 is 0 Å². The first-order valence-electron chi connectivity index (χ1n) is 9.15. The molecule has 1 aromatic heterocycles. The Morgan fingerprint density at radius 1 is 1.26 bits per heavy atom. The number of pyridine rings is 1. The first kappa shape index (κ1) is 19.4. The van der Waals surface area contributed by atoms with Gasteiger partial charge in [0.1, 0.15) is 5.82 Å². The summed E-state index contributed by atoms with van der Waals surface area (Å²) in [4.78, 5) is 18.8. The lowest BCUT2D eigenvalue weighted by Gasteiger charge is -2.27. The highest BCUT2D eigenvalue weighted by Crippen LogP contribution is 2.22. The van der Waals surface area contributed by atoms with E-state index >= 15 is 0 Å². The standard InChI is InChI=1S/C20H25N3O3S/c1-3-23(18-10-11-27(25,26)14-18)19-9-8-17(13-21-19)20(24)22-12-16-7-5-4-6-15(16)2/h4-9,13,18H,3,10-12,14H2,1-2H3,(H,22,24). The fraction of sp³-hybridized carbons (Fsp3) is 0.400. The Morgan fingerprint density at radius 3 is 2.63 bits per heavy atom. The van der Waals surface area contributed by atoms with Crippen molar-refractivity contribution in [3.63, 3.8) is 0 Å². The van der Waals surface area contributed by atoms with Crippen molar-refractivity contribution < 1.29 is 13.2 Å². The zero-order valence-corrected chi connectivity index (χ0v) is 16.5. The molecule has 2 heterocycles. The third-order valence-corrected chi connectivity index (χ3v) is 6.75. The molecule has 1 atom stereocenters. The number of nitrogens with one attached hydrogen (secondary N) is 1. The van der Waals surface area contributed by atoms with Crippen LogP contribution < -0.4 is 10.2 Å². The number of aromatic nitrogens is 1. The van der Waals surface area contributed by atoms with E-state index in [4.69, 9.17) is 0 Å². The van der Waals surface area contributed by atoms with Crippen molar-refractivity contribution in [2.24, 2.45) is 0 Å². The Balaban J connectivity index is 1.65. The van der Waals surface area contributed by atoms with Crippen LogP contribution in [0.5, 0.6) is 0 Å². The van der Waals surface area contributed by atoms with E-state index in [1.165, 1.54) is 0 Å². The fourth-order valence-corrected chi connectivity index (χ4v) is 5.14. The number of nitrogens with zero attached hydrogens (tertiary/aromatic N) is 2. The SMILES string of the molecule is CCN(c1ccc(C(=O)NCc2ccccc2C)cn1)C1CCS(=O)(=O)C1. The second-order valence-electron chi connectivity index (χ2n) is 6.86. The van der Waals surface area contributed by atoms with E-state index in [2.05, 4.69) is 10.3 Å². The smallest absolute Gasteiger partial charge is 0.253 e. The van der Waals surface area contributed by atoms with E-state index in [1.54, 1.807) is 18.3 Å². The highest BCUT2D eigenvalue weighted by Gasteiger charge is 2.32. The van der Waals surface area contributed by atoms with E-state index in [1.807, 2.05) is 43.0 Å². The van der Waals surface area contributed by atoms with E-state index in [0.29, 0.717) is 30.9 Å². The summed E-state index contributed by atoms with van der Waals surface area (Å²) in [5.74, 6) is 0.924. The Morgan fingerprint density at radius 2 is 2.04 bits per heavy atom. The molecule has 0 radical (unpaired) electrons. The molecule has 3 rings (SSSR count). The molecule has 1 aliphatic rings.